The Morgan fingerprint density at radius 1 is 1.31 bits per heavy atom. The van der Waals surface area contributed by atoms with E-state index in [0.29, 0.717) is 6.04 Å². The molecule has 1 fully saturated rings. The molecule has 1 atom stereocenters. The van der Waals surface area contributed by atoms with Gasteiger partial charge in [0.15, 0.2) is 0 Å². The molecule has 1 aliphatic carbocycles. The van der Waals surface area contributed by atoms with Crippen LogP contribution in [0.3, 0.4) is 0 Å². The summed E-state index contributed by atoms with van der Waals surface area (Å²) in [7, 11) is 0. The SMILES string of the molecule is CCNC(c1ccccc1OCC)C1CC1. The van der Waals surface area contributed by atoms with Crippen molar-refractivity contribution in [2.45, 2.75) is 32.7 Å². The van der Waals surface area contributed by atoms with Crippen molar-refractivity contribution in [3.8, 4) is 5.75 Å². The standard InChI is InChI=1S/C14H21NO/c1-3-15-14(11-9-10-11)12-7-5-6-8-13(12)16-4-2/h5-8,11,14-15H,3-4,9-10H2,1-2H3. The number of ether oxygens (including phenoxy) is 1. The van der Waals surface area contributed by atoms with Gasteiger partial charge in [0.1, 0.15) is 5.75 Å². The third-order valence-corrected chi connectivity index (χ3v) is 3.07. The molecule has 2 rings (SSSR count). The summed E-state index contributed by atoms with van der Waals surface area (Å²) in [6, 6.07) is 8.89. The molecular weight excluding hydrogens is 198 g/mol. The number of nitrogens with one attached hydrogen (secondary N) is 1. The molecule has 0 heterocycles. The molecule has 1 aromatic carbocycles. The lowest BCUT2D eigenvalue weighted by Crippen LogP contribution is -2.23. The molecule has 0 bridgehead atoms. The van der Waals surface area contributed by atoms with E-state index < -0.39 is 0 Å². The average molecular weight is 219 g/mol. The van der Waals surface area contributed by atoms with Gasteiger partial charge < -0.3 is 10.1 Å². The summed E-state index contributed by atoms with van der Waals surface area (Å²) in [6.45, 7) is 5.96. The highest BCUT2D eigenvalue weighted by Crippen LogP contribution is 2.43. The Morgan fingerprint density at radius 3 is 2.69 bits per heavy atom. The molecule has 16 heavy (non-hydrogen) atoms. The maximum absolute atomic E-state index is 5.70. The lowest BCUT2D eigenvalue weighted by molar-refractivity contribution is 0.329. The first kappa shape index (κ1) is 11.5. The molecule has 0 spiro atoms. The summed E-state index contributed by atoms with van der Waals surface area (Å²) in [5, 5.41) is 3.58. The minimum Gasteiger partial charge on any atom is -0.494 e. The van der Waals surface area contributed by atoms with E-state index in [1.807, 2.05) is 13.0 Å². The van der Waals surface area contributed by atoms with Crippen LogP contribution in [0, 0.1) is 5.92 Å². The molecular formula is C14H21NO. The van der Waals surface area contributed by atoms with Gasteiger partial charge in [-0.1, -0.05) is 25.1 Å². The van der Waals surface area contributed by atoms with Crippen LogP contribution < -0.4 is 10.1 Å². The second kappa shape index (κ2) is 5.35. The zero-order valence-corrected chi connectivity index (χ0v) is 10.2. The van der Waals surface area contributed by atoms with Crippen molar-refractivity contribution in [3.05, 3.63) is 29.8 Å². The van der Waals surface area contributed by atoms with E-state index in [9.17, 15) is 0 Å². The quantitative estimate of drug-likeness (QED) is 0.793. The van der Waals surface area contributed by atoms with Crippen molar-refractivity contribution in [1.29, 1.82) is 0 Å². The predicted molar refractivity (Wildman–Crippen MR) is 66.8 cm³/mol. The van der Waals surface area contributed by atoms with Crippen molar-refractivity contribution < 1.29 is 4.74 Å². The minimum atomic E-state index is 0.479. The summed E-state index contributed by atoms with van der Waals surface area (Å²) in [5.74, 6) is 1.85. The Kier molecular flexibility index (Phi) is 3.83. The topological polar surface area (TPSA) is 21.3 Å². The molecule has 1 unspecified atom stereocenters. The van der Waals surface area contributed by atoms with Gasteiger partial charge in [-0.2, -0.15) is 0 Å². The van der Waals surface area contributed by atoms with Crippen molar-refractivity contribution in [2.24, 2.45) is 5.92 Å². The summed E-state index contributed by atoms with van der Waals surface area (Å²) in [4.78, 5) is 0. The molecule has 0 aromatic heterocycles. The van der Waals surface area contributed by atoms with E-state index in [1.54, 1.807) is 0 Å². The molecule has 1 aromatic rings. The third kappa shape index (κ3) is 2.56. The highest BCUT2D eigenvalue weighted by atomic mass is 16.5. The average Bonchev–Trinajstić information content (AvgIpc) is 3.11. The second-order valence-electron chi connectivity index (χ2n) is 4.34. The largest absolute Gasteiger partial charge is 0.494 e. The fourth-order valence-electron chi connectivity index (χ4n) is 2.20. The first-order valence-electron chi connectivity index (χ1n) is 6.32. The van der Waals surface area contributed by atoms with Crippen LogP contribution in [0.4, 0.5) is 0 Å². The summed E-state index contributed by atoms with van der Waals surface area (Å²) in [5.41, 5.74) is 1.33. The number of para-hydroxylation sites is 1. The highest BCUT2D eigenvalue weighted by molar-refractivity contribution is 5.37. The van der Waals surface area contributed by atoms with Gasteiger partial charge in [0.05, 0.1) is 6.61 Å². The number of rotatable bonds is 6. The van der Waals surface area contributed by atoms with Crippen LogP contribution >= 0.6 is 0 Å². The van der Waals surface area contributed by atoms with E-state index in [4.69, 9.17) is 4.74 Å². The van der Waals surface area contributed by atoms with Crippen LogP contribution in [0.25, 0.3) is 0 Å². The highest BCUT2D eigenvalue weighted by Gasteiger charge is 2.33. The van der Waals surface area contributed by atoms with E-state index >= 15 is 0 Å². The molecule has 2 heteroatoms. The molecule has 1 aliphatic rings. The first-order chi connectivity index (χ1) is 7.86. The predicted octanol–water partition coefficient (Wildman–Crippen LogP) is 3.15. The molecule has 0 aliphatic heterocycles. The minimum absolute atomic E-state index is 0.479. The second-order valence-corrected chi connectivity index (χ2v) is 4.34. The maximum atomic E-state index is 5.70. The lowest BCUT2D eigenvalue weighted by atomic mass is 10.0. The smallest absolute Gasteiger partial charge is 0.124 e. The molecule has 2 nitrogen and oxygen atoms in total. The van der Waals surface area contributed by atoms with Gasteiger partial charge in [-0.15, -0.1) is 0 Å². The van der Waals surface area contributed by atoms with Crippen LogP contribution in [-0.2, 0) is 0 Å². The van der Waals surface area contributed by atoms with Gasteiger partial charge in [-0.05, 0) is 38.3 Å². The first-order valence-corrected chi connectivity index (χ1v) is 6.32. The van der Waals surface area contributed by atoms with Crippen molar-refractivity contribution in [2.75, 3.05) is 13.2 Å². The fraction of sp³-hybridized carbons (Fsp3) is 0.571. The molecule has 0 saturated heterocycles. The van der Waals surface area contributed by atoms with E-state index in [-0.39, 0.29) is 0 Å². The maximum Gasteiger partial charge on any atom is 0.124 e. The van der Waals surface area contributed by atoms with Crippen LogP contribution in [-0.4, -0.2) is 13.2 Å². The van der Waals surface area contributed by atoms with Gasteiger partial charge >= 0.3 is 0 Å². The molecule has 0 amide bonds. The van der Waals surface area contributed by atoms with E-state index in [2.05, 4.69) is 30.4 Å². The van der Waals surface area contributed by atoms with Crippen molar-refractivity contribution in [3.63, 3.8) is 0 Å². The zero-order valence-electron chi connectivity index (χ0n) is 10.2. The molecule has 1 saturated carbocycles. The van der Waals surface area contributed by atoms with E-state index in [1.165, 1.54) is 18.4 Å². The van der Waals surface area contributed by atoms with Crippen molar-refractivity contribution >= 4 is 0 Å². The third-order valence-electron chi connectivity index (χ3n) is 3.07. The Bertz CT molecular complexity index is 333. The Labute approximate surface area is 98.0 Å². The van der Waals surface area contributed by atoms with Gasteiger partial charge in [0.25, 0.3) is 0 Å². The normalized spacial score (nSPS) is 17.1. The van der Waals surface area contributed by atoms with Gasteiger partial charge in [0.2, 0.25) is 0 Å². The van der Waals surface area contributed by atoms with E-state index in [0.717, 1.165) is 24.8 Å². The van der Waals surface area contributed by atoms with Crippen LogP contribution in [0.1, 0.15) is 38.3 Å². The molecule has 0 radical (unpaired) electrons. The Morgan fingerprint density at radius 2 is 2.06 bits per heavy atom. The van der Waals surface area contributed by atoms with Gasteiger partial charge in [-0.3, -0.25) is 0 Å². The lowest BCUT2D eigenvalue weighted by Gasteiger charge is -2.20. The number of benzene rings is 1. The Hall–Kier alpha value is -1.02. The van der Waals surface area contributed by atoms with Crippen molar-refractivity contribution in [1.82, 2.24) is 5.32 Å². The monoisotopic (exact) mass is 219 g/mol. The summed E-state index contributed by atoms with van der Waals surface area (Å²) < 4.78 is 5.70. The van der Waals surface area contributed by atoms with Crippen LogP contribution in [0.15, 0.2) is 24.3 Å². The summed E-state index contributed by atoms with van der Waals surface area (Å²) >= 11 is 0. The number of hydrogen-bond acceptors (Lipinski definition) is 2. The van der Waals surface area contributed by atoms with Crippen LogP contribution in [0.2, 0.25) is 0 Å². The molecule has 88 valence electrons. The number of hydrogen-bond donors (Lipinski definition) is 1. The fourth-order valence-corrected chi connectivity index (χ4v) is 2.20. The summed E-state index contributed by atoms with van der Waals surface area (Å²) in [6.07, 6.45) is 2.69. The Balaban J connectivity index is 2.21. The zero-order chi connectivity index (χ0) is 11.4. The van der Waals surface area contributed by atoms with Crippen LogP contribution in [0.5, 0.6) is 5.75 Å². The molecule has 1 N–H and O–H groups in total. The van der Waals surface area contributed by atoms with Gasteiger partial charge in [0, 0.05) is 11.6 Å². The van der Waals surface area contributed by atoms with Gasteiger partial charge in [-0.25, -0.2) is 0 Å².